The molecule has 0 unspecified atom stereocenters. The number of esters is 1. The molecule has 1 N–H and O–H groups in total. The summed E-state index contributed by atoms with van der Waals surface area (Å²) in [6.07, 6.45) is 2.74. The van der Waals surface area contributed by atoms with Gasteiger partial charge in [0.05, 0.1) is 5.02 Å². The standard InChI is InChI=1S/C19H16ClNO5/c1-12-2-5-14(6-3-12)21-17(22)10-24-18(23)7-4-13-8-15(20)19-16(9-13)25-11-26-19/h2-9H,10-11H2,1H3,(H,21,22)/b7-4+. The van der Waals surface area contributed by atoms with Gasteiger partial charge in [0.25, 0.3) is 5.91 Å². The van der Waals surface area contributed by atoms with Gasteiger partial charge in [-0.3, -0.25) is 4.79 Å². The van der Waals surface area contributed by atoms with Crippen molar-refractivity contribution in [2.75, 3.05) is 18.7 Å². The van der Waals surface area contributed by atoms with Gasteiger partial charge in [0, 0.05) is 11.8 Å². The lowest BCUT2D eigenvalue weighted by atomic mass is 10.2. The number of amides is 1. The first kappa shape index (κ1) is 17.8. The van der Waals surface area contributed by atoms with Crippen molar-refractivity contribution in [2.24, 2.45) is 0 Å². The van der Waals surface area contributed by atoms with E-state index in [0.29, 0.717) is 27.8 Å². The Hall–Kier alpha value is -2.99. The molecule has 2 aromatic rings. The summed E-state index contributed by atoms with van der Waals surface area (Å²) in [4.78, 5) is 23.5. The Balaban J connectivity index is 1.51. The number of hydrogen-bond donors (Lipinski definition) is 1. The van der Waals surface area contributed by atoms with Crippen LogP contribution >= 0.6 is 11.6 Å². The summed E-state index contributed by atoms with van der Waals surface area (Å²) in [5, 5.41) is 3.04. The molecular weight excluding hydrogens is 358 g/mol. The summed E-state index contributed by atoms with van der Waals surface area (Å²) in [7, 11) is 0. The van der Waals surface area contributed by atoms with Gasteiger partial charge in [-0.15, -0.1) is 0 Å². The minimum Gasteiger partial charge on any atom is -0.454 e. The third-order valence-corrected chi connectivity index (χ3v) is 3.82. The Labute approximate surface area is 155 Å². The van der Waals surface area contributed by atoms with Crippen LogP contribution in [0.2, 0.25) is 5.02 Å². The SMILES string of the molecule is Cc1ccc(NC(=O)COC(=O)/C=C/c2cc(Cl)c3c(c2)OCO3)cc1. The number of fused-ring (bicyclic) bond motifs is 1. The predicted molar refractivity (Wildman–Crippen MR) is 97.4 cm³/mol. The zero-order valence-corrected chi connectivity index (χ0v) is 14.7. The second-order valence-corrected chi connectivity index (χ2v) is 6.00. The van der Waals surface area contributed by atoms with Gasteiger partial charge in [0.15, 0.2) is 18.1 Å². The molecule has 26 heavy (non-hydrogen) atoms. The average Bonchev–Trinajstić information content (AvgIpc) is 3.09. The molecule has 1 aliphatic rings. The summed E-state index contributed by atoms with van der Waals surface area (Å²) in [6.45, 7) is 1.69. The molecule has 7 heteroatoms. The van der Waals surface area contributed by atoms with E-state index in [1.54, 1.807) is 24.3 Å². The average molecular weight is 374 g/mol. The number of rotatable bonds is 5. The van der Waals surface area contributed by atoms with Crippen molar-refractivity contribution in [3.05, 3.63) is 58.6 Å². The van der Waals surface area contributed by atoms with E-state index in [9.17, 15) is 9.59 Å². The Morgan fingerprint density at radius 1 is 1.23 bits per heavy atom. The molecule has 0 aromatic heterocycles. The molecule has 0 aliphatic carbocycles. The molecule has 6 nitrogen and oxygen atoms in total. The van der Waals surface area contributed by atoms with Gasteiger partial charge in [-0.2, -0.15) is 0 Å². The maximum absolute atomic E-state index is 11.8. The van der Waals surface area contributed by atoms with Gasteiger partial charge < -0.3 is 19.5 Å². The number of hydrogen-bond acceptors (Lipinski definition) is 5. The van der Waals surface area contributed by atoms with Gasteiger partial charge >= 0.3 is 5.97 Å². The van der Waals surface area contributed by atoms with Crippen LogP contribution < -0.4 is 14.8 Å². The van der Waals surface area contributed by atoms with Gasteiger partial charge in [0.1, 0.15) is 0 Å². The van der Waals surface area contributed by atoms with Crippen molar-refractivity contribution in [3.8, 4) is 11.5 Å². The fourth-order valence-electron chi connectivity index (χ4n) is 2.27. The number of halogens is 1. The Kier molecular flexibility index (Phi) is 5.43. The molecule has 0 spiro atoms. The molecule has 134 valence electrons. The molecule has 1 heterocycles. The number of anilines is 1. The molecule has 3 rings (SSSR count). The predicted octanol–water partition coefficient (Wildman–Crippen LogP) is 3.57. The minimum atomic E-state index is -0.641. The van der Waals surface area contributed by atoms with Crippen LogP contribution in [0.1, 0.15) is 11.1 Å². The second kappa shape index (κ2) is 7.93. The Bertz CT molecular complexity index is 861. The highest BCUT2D eigenvalue weighted by molar-refractivity contribution is 6.32. The minimum absolute atomic E-state index is 0.111. The molecule has 0 radical (unpaired) electrons. The Morgan fingerprint density at radius 2 is 2.00 bits per heavy atom. The zero-order valence-electron chi connectivity index (χ0n) is 14.0. The van der Waals surface area contributed by atoms with E-state index >= 15 is 0 Å². The van der Waals surface area contributed by atoms with Gasteiger partial charge in [-0.05, 0) is 42.8 Å². The summed E-state index contributed by atoms with van der Waals surface area (Å²) in [6, 6.07) is 10.6. The van der Waals surface area contributed by atoms with Gasteiger partial charge in [0.2, 0.25) is 6.79 Å². The van der Waals surface area contributed by atoms with Crippen LogP contribution in [0.3, 0.4) is 0 Å². The van der Waals surface area contributed by atoms with Crippen LogP contribution in [0.4, 0.5) is 5.69 Å². The van der Waals surface area contributed by atoms with Crippen molar-refractivity contribution >= 4 is 35.2 Å². The molecule has 1 aliphatic heterocycles. The summed E-state index contributed by atoms with van der Waals surface area (Å²) >= 11 is 6.07. The zero-order chi connectivity index (χ0) is 18.5. The lowest BCUT2D eigenvalue weighted by Gasteiger charge is -2.05. The first-order valence-corrected chi connectivity index (χ1v) is 8.19. The quantitative estimate of drug-likeness (QED) is 0.640. The molecule has 1 amide bonds. The highest BCUT2D eigenvalue weighted by Gasteiger charge is 2.17. The summed E-state index contributed by atoms with van der Waals surface area (Å²) in [5.74, 6) is -0.0539. The number of carbonyl (C=O) groups is 2. The number of aryl methyl sites for hydroxylation is 1. The van der Waals surface area contributed by atoms with E-state index in [0.717, 1.165) is 5.56 Å². The maximum atomic E-state index is 11.8. The van der Waals surface area contributed by atoms with Gasteiger partial charge in [-0.25, -0.2) is 4.79 Å². The van der Waals surface area contributed by atoms with Crippen LogP contribution in [-0.2, 0) is 14.3 Å². The Morgan fingerprint density at radius 3 is 2.77 bits per heavy atom. The normalized spacial score (nSPS) is 12.2. The summed E-state index contributed by atoms with van der Waals surface area (Å²) in [5.41, 5.74) is 2.38. The molecule has 2 aromatic carbocycles. The molecule has 0 atom stereocenters. The maximum Gasteiger partial charge on any atom is 0.331 e. The van der Waals surface area contributed by atoms with Crippen LogP contribution in [-0.4, -0.2) is 25.3 Å². The lowest BCUT2D eigenvalue weighted by Crippen LogP contribution is -2.20. The molecule has 0 saturated carbocycles. The van der Waals surface area contributed by atoms with E-state index < -0.39 is 11.9 Å². The van der Waals surface area contributed by atoms with Crippen LogP contribution in [0.25, 0.3) is 6.08 Å². The monoisotopic (exact) mass is 373 g/mol. The lowest BCUT2D eigenvalue weighted by molar-refractivity contribution is -0.142. The number of ether oxygens (including phenoxy) is 3. The third-order valence-electron chi connectivity index (χ3n) is 3.54. The third kappa shape index (κ3) is 4.55. The van der Waals surface area contributed by atoms with E-state index in [-0.39, 0.29) is 13.4 Å². The second-order valence-electron chi connectivity index (χ2n) is 5.59. The molecule has 0 fully saturated rings. The molecule has 0 bridgehead atoms. The highest BCUT2D eigenvalue weighted by Crippen LogP contribution is 2.40. The van der Waals surface area contributed by atoms with Crippen molar-refractivity contribution < 1.29 is 23.8 Å². The molecular formula is C19H16ClNO5. The van der Waals surface area contributed by atoms with E-state index in [2.05, 4.69) is 5.32 Å². The topological polar surface area (TPSA) is 73.9 Å². The summed E-state index contributed by atoms with van der Waals surface area (Å²) < 4.78 is 15.4. The fourth-order valence-corrected chi connectivity index (χ4v) is 2.54. The number of benzene rings is 2. The smallest absolute Gasteiger partial charge is 0.331 e. The largest absolute Gasteiger partial charge is 0.454 e. The molecule has 0 saturated heterocycles. The number of carbonyl (C=O) groups excluding carboxylic acids is 2. The van der Waals surface area contributed by atoms with Crippen LogP contribution in [0.15, 0.2) is 42.5 Å². The number of nitrogens with one attached hydrogen (secondary N) is 1. The van der Waals surface area contributed by atoms with Crippen molar-refractivity contribution in [1.82, 2.24) is 0 Å². The first-order chi connectivity index (χ1) is 12.5. The highest BCUT2D eigenvalue weighted by atomic mass is 35.5. The fraction of sp³-hybridized carbons (Fsp3) is 0.158. The van der Waals surface area contributed by atoms with Gasteiger partial charge in [-0.1, -0.05) is 29.3 Å². The van der Waals surface area contributed by atoms with Crippen molar-refractivity contribution in [1.29, 1.82) is 0 Å². The first-order valence-electron chi connectivity index (χ1n) is 7.82. The van der Waals surface area contributed by atoms with Crippen LogP contribution in [0, 0.1) is 6.92 Å². The van der Waals surface area contributed by atoms with E-state index in [1.807, 2.05) is 19.1 Å². The van der Waals surface area contributed by atoms with Crippen LogP contribution in [0.5, 0.6) is 11.5 Å². The van der Waals surface area contributed by atoms with E-state index in [4.69, 9.17) is 25.8 Å². The van der Waals surface area contributed by atoms with Crippen molar-refractivity contribution in [2.45, 2.75) is 6.92 Å². The van der Waals surface area contributed by atoms with Crippen molar-refractivity contribution in [3.63, 3.8) is 0 Å². The van der Waals surface area contributed by atoms with E-state index in [1.165, 1.54) is 12.2 Å².